The molecule has 54 valence electrons. The predicted molar refractivity (Wildman–Crippen MR) is 40.3 cm³/mol. The average molecular weight is 137 g/mol. The Bertz CT molecular complexity index is 203. The van der Waals surface area contributed by atoms with E-state index in [1.807, 2.05) is 31.0 Å². The Balaban J connectivity index is 2.63. The number of allylic oxidation sites excluding steroid dienone is 2. The molecule has 0 N–H and O–H groups in total. The lowest BCUT2D eigenvalue weighted by atomic mass is 10.4. The van der Waals surface area contributed by atoms with Crippen molar-refractivity contribution in [2.45, 2.75) is 13.8 Å². The number of hydrogen-bond donors (Lipinski definition) is 0. The smallest absolute Gasteiger partial charge is 0.176 e. The van der Waals surface area contributed by atoms with E-state index in [9.17, 15) is 4.79 Å². The molecule has 1 heterocycles. The van der Waals surface area contributed by atoms with Crippen LogP contribution in [0.2, 0.25) is 0 Å². The minimum absolute atomic E-state index is 0.182. The van der Waals surface area contributed by atoms with Crippen LogP contribution in [0.4, 0.5) is 0 Å². The van der Waals surface area contributed by atoms with Gasteiger partial charge < -0.3 is 4.90 Å². The third-order valence-electron chi connectivity index (χ3n) is 1.64. The Morgan fingerprint density at radius 1 is 1.80 bits per heavy atom. The van der Waals surface area contributed by atoms with Gasteiger partial charge in [0.1, 0.15) is 0 Å². The molecule has 2 nitrogen and oxygen atoms in total. The highest BCUT2D eigenvalue weighted by molar-refractivity contribution is 5.93. The van der Waals surface area contributed by atoms with Gasteiger partial charge in [-0.05, 0) is 19.9 Å². The molecule has 0 aromatic heterocycles. The molecule has 1 aliphatic rings. The summed E-state index contributed by atoms with van der Waals surface area (Å²) in [7, 11) is 0. The van der Waals surface area contributed by atoms with E-state index in [4.69, 9.17) is 0 Å². The summed E-state index contributed by atoms with van der Waals surface area (Å²) in [4.78, 5) is 12.7. The zero-order chi connectivity index (χ0) is 7.56. The normalized spacial score (nSPS) is 18.8. The zero-order valence-electron chi connectivity index (χ0n) is 6.29. The minimum atomic E-state index is 0.182. The van der Waals surface area contributed by atoms with Gasteiger partial charge in [-0.3, -0.25) is 4.79 Å². The van der Waals surface area contributed by atoms with Gasteiger partial charge in [0, 0.05) is 11.9 Å². The molecular weight excluding hydrogens is 126 g/mol. The number of carbonyl (C=O) groups excluding carboxylic acids is 1. The van der Waals surface area contributed by atoms with Crippen LogP contribution in [0.15, 0.2) is 24.0 Å². The topological polar surface area (TPSA) is 20.3 Å². The van der Waals surface area contributed by atoms with E-state index in [-0.39, 0.29) is 5.78 Å². The molecule has 0 bridgehead atoms. The molecular formula is C8H11NO. The van der Waals surface area contributed by atoms with Crippen LogP contribution < -0.4 is 0 Å². The minimum Gasteiger partial charge on any atom is -0.344 e. The van der Waals surface area contributed by atoms with Crippen molar-refractivity contribution in [1.82, 2.24) is 4.90 Å². The number of carbonyl (C=O) groups is 1. The molecule has 0 aromatic rings. The van der Waals surface area contributed by atoms with Crippen molar-refractivity contribution in [3.8, 4) is 0 Å². The van der Waals surface area contributed by atoms with Crippen molar-refractivity contribution < 1.29 is 4.79 Å². The van der Waals surface area contributed by atoms with Crippen molar-refractivity contribution >= 4 is 5.78 Å². The van der Waals surface area contributed by atoms with Crippen molar-refractivity contribution in [3.63, 3.8) is 0 Å². The molecule has 10 heavy (non-hydrogen) atoms. The lowest BCUT2D eigenvalue weighted by Gasteiger charge is -2.13. The van der Waals surface area contributed by atoms with Crippen LogP contribution in [0.1, 0.15) is 13.8 Å². The van der Waals surface area contributed by atoms with E-state index in [1.54, 1.807) is 6.08 Å². The molecule has 0 saturated heterocycles. The van der Waals surface area contributed by atoms with E-state index in [2.05, 4.69) is 0 Å². The fraction of sp³-hybridized carbons (Fsp3) is 0.375. The molecule has 0 atom stereocenters. The fourth-order valence-electron chi connectivity index (χ4n) is 0.854. The molecule has 1 rings (SSSR count). The number of rotatable bonds is 1. The van der Waals surface area contributed by atoms with Crippen LogP contribution in [0.3, 0.4) is 0 Å². The molecule has 1 aliphatic heterocycles. The van der Waals surface area contributed by atoms with Gasteiger partial charge in [-0.15, -0.1) is 0 Å². The van der Waals surface area contributed by atoms with Gasteiger partial charge in [-0.25, -0.2) is 0 Å². The maximum atomic E-state index is 10.7. The van der Waals surface area contributed by atoms with Gasteiger partial charge >= 0.3 is 0 Å². The summed E-state index contributed by atoms with van der Waals surface area (Å²) in [5.41, 5.74) is 1.13. The predicted octanol–water partition coefficient (Wildman–Crippen LogP) is 1.31. The number of hydrogen-bond acceptors (Lipinski definition) is 2. The van der Waals surface area contributed by atoms with Crippen molar-refractivity contribution in [2.24, 2.45) is 0 Å². The largest absolute Gasteiger partial charge is 0.344 e. The Morgan fingerprint density at radius 3 is 2.90 bits per heavy atom. The van der Waals surface area contributed by atoms with Gasteiger partial charge in [0.25, 0.3) is 0 Å². The van der Waals surface area contributed by atoms with Crippen molar-refractivity contribution in [3.05, 3.63) is 24.0 Å². The van der Waals surface area contributed by atoms with E-state index < -0.39 is 0 Å². The summed E-state index contributed by atoms with van der Waals surface area (Å²) < 4.78 is 0. The van der Waals surface area contributed by atoms with Gasteiger partial charge in [-0.1, -0.05) is 6.08 Å². The molecule has 0 aromatic carbocycles. The van der Waals surface area contributed by atoms with Crippen molar-refractivity contribution in [1.29, 1.82) is 0 Å². The Labute approximate surface area is 60.8 Å². The summed E-state index contributed by atoms with van der Waals surface area (Å²) in [5.74, 6) is 0.182. The standard InChI is InChI=1S/C8H11NO/c1-3-7(2)9-5-4-8(10)6-9/h3-5H,6H2,1-2H3/b7-3+. The Hall–Kier alpha value is -1.05. The molecule has 0 fully saturated rings. The van der Waals surface area contributed by atoms with Crippen LogP contribution in [-0.4, -0.2) is 17.2 Å². The van der Waals surface area contributed by atoms with Gasteiger partial charge in [-0.2, -0.15) is 0 Å². The van der Waals surface area contributed by atoms with Gasteiger partial charge in [0.05, 0.1) is 6.54 Å². The molecule has 0 spiro atoms. The quantitative estimate of drug-likeness (QED) is 0.543. The highest BCUT2D eigenvalue weighted by atomic mass is 16.1. The van der Waals surface area contributed by atoms with Crippen LogP contribution >= 0.6 is 0 Å². The number of nitrogens with zero attached hydrogens (tertiary/aromatic N) is 1. The second kappa shape index (κ2) is 2.69. The van der Waals surface area contributed by atoms with E-state index in [1.165, 1.54) is 0 Å². The first kappa shape index (κ1) is 7.06. The third-order valence-corrected chi connectivity index (χ3v) is 1.64. The SMILES string of the molecule is C/C=C(\C)N1C=CC(=O)C1. The van der Waals surface area contributed by atoms with E-state index >= 15 is 0 Å². The number of ketones is 1. The summed E-state index contributed by atoms with van der Waals surface area (Å²) in [6.07, 6.45) is 5.41. The molecule has 2 heteroatoms. The van der Waals surface area contributed by atoms with E-state index in [0.29, 0.717) is 6.54 Å². The average Bonchev–Trinajstić information content (AvgIpc) is 2.34. The first-order chi connectivity index (χ1) is 4.74. The van der Waals surface area contributed by atoms with E-state index in [0.717, 1.165) is 5.70 Å². The van der Waals surface area contributed by atoms with Crippen molar-refractivity contribution in [2.75, 3.05) is 6.54 Å². The fourth-order valence-corrected chi connectivity index (χ4v) is 0.854. The van der Waals surface area contributed by atoms with Crippen LogP contribution in [-0.2, 0) is 4.79 Å². The first-order valence-electron chi connectivity index (χ1n) is 3.34. The van der Waals surface area contributed by atoms with Gasteiger partial charge in [0.2, 0.25) is 0 Å². The summed E-state index contributed by atoms with van der Waals surface area (Å²) in [6.45, 7) is 4.46. The van der Waals surface area contributed by atoms with Crippen LogP contribution in [0.25, 0.3) is 0 Å². The van der Waals surface area contributed by atoms with Gasteiger partial charge in [0.15, 0.2) is 5.78 Å². The third kappa shape index (κ3) is 1.26. The lowest BCUT2D eigenvalue weighted by Crippen LogP contribution is -2.15. The Kier molecular flexibility index (Phi) is 1.90. The molecule has 0 radical (unpaired) electrons. The summed E-state index contributed by atoms with van der Waals surface area (Å²) >= 11 is 0. The highest BCUT2D eigenvalue weighted by Gasteiger charge is 2.11. The maximum Gasteiger partial charge on any atom is 0.176 e. The lowest BCUT2D eigenvalue weighted by molar-refractivity contribution is -0.113. The summed E-state index contributed by atoms with van der Waals surface area (Å²) in [6, 6.07) is 0. The van der Waals surface area contributed by atoms with Crippen LogP contribution in [0.5, 0.6) is 0 Å². The zero-order valence-corrected chi connectivity index (χ0v) is 6.29. The maximum absolute atomic E-state index is 10.7. The Morgan fingerprint density at radius 2 is 2.50 bits per heavy atom. The summed E-state index contributed by atoms with van der Waals surface area (Å²) in [5, 5.41) is 0. The molecule has 0 aliphatic carbocycles. The van der Waals surface area contributed by atoms with Crippen LogP contribution in [0, 0.1) is 0 Å². The monoisotopic (exact) mass is 137 g/mol. The highest BCUT2D eigenvalue weighted by Crippen LogP contribution is 2.08. The molecule has 0 saturated carbocycles. The molecule has 0 unspecified atom stereocenters. The second-order valence-electron chi connectivity index (χ2n) is 2.34. The first-order valence-corrected chi connectivity index (χ1v) is 3.34. The molecule has 0 amide bonds. The second-order valence-corrected chi connectivity index (χ2v) is 2.34.